The van der Waals surface area contributed by atoms with Gasteiger partial charge in [0.2, 0.25) is 15.9 Å². The first kappa shape index (κ1) is 22.2. The maximum atomic E-state index is 14.0. The first-order chi connectivity index (χ1) is 14.2. The van der Waals surface area contributed by atoms with Crippen LogP contribution in [0.15, 0.2) is 47.4 Å². The Bertz CT molecular complexity index is 1020. The van der Waals surface area contributed by atoms with Gasteiger partial charge in [0.1, 0.15) is 5.82 Å². The van der Waals surface area contributed by atoms with E-state index < -0.39 is 10.0 Å². The number of carbonyl (C=O) groups is 1. The van der Waals surface area contributed by atoms with E-state index in [1.54, 1.807) is 31.2 Å². The topological polar surface area (TPSA) is 73.0 Å². The van der Waals surface area contributed by atoms with Crippen LogP contribution in [0.2, 0.25) is 0 Å². The van der Waals surface area contributed by atoms with Crippen molar-refractivity contribution in [3.05, 3.63) is 53.8 Å². The van der Waals surface area contributed by atoms with Gasteiger partial charge < -0.3 is 10.2 Å². The van der Waals surface area contributed by atoms with Crippen LogP contribution in [0.4, 0.5) is 15.8 Å². The second-order valence-electron chi connectivity index (χ2n) is 7.53. The Balaban J connectivity index is 1.59. The summed E-state index contributed by atoms with van der Waals surface area (Å²) in [5.41, 5.74) is 1.64. The molecule has 1 N–H and O–H groups in total. The first-order valence-corrected chi connectivity index (χ1v) is 11.2. The molecular weight excluding hydrogens is 407 g/mol. The molecule has 0 atom stereocenters. The van der Waals surface area contributed by atoms with Crippen LogP contribution in [0.1, 0.15) is 5.56 Å². The number of hydrogen-bond donors (Lipinski definition) is 1. The van der Waals surface area contributed by atoms with E-state index in [0.29, 0.717) is 43.1 Å². The molecule has 1 fully saturated rings. The number of piperazine rings is 1. The molecule has 0 bridgehead atoms. The SMILES string of the molecule is Cc1ccc(NC(=O)CN2CCN(c3ccccc3F)CC2)cc1S(=O)(=O)N(C)C. The highest BCUT2D eigenvalue weighted by molar-refractivity contribution is 7.89. The molecule has 2 aromatic carbocycles. The molecule has 0 aliphatic carbocycles. The second kappa shape index (κ2) is 9.11. The Kier molecular flexibility index (Phi) is 6.74. The third-order valence-corrected chi connectivity index (χ3v) is 7.12. The molecule has 0 radical (unpaired) electrons. The maximum Gasteiger partial charge on any atom is 0.242 e. The largest absolute Gasteiger partial charge is 0.367 e. The van der Waals surface area contributed by atoms with Crippen molar-refractivity contribution >= 4 is 27.3 Å². The third kappa shape index (κ3) is 4.97. The average molecular weight is 435 g/mol. The van der Waals surface area contributed by atoms with Gasteiger partial charge in [0.15, 0.2) is 0 Å². The smallest absolute Gasteiger partial charge is 0.242 e. The molecule has 1 aliphatic rings. The number of nitrogens with one attached hydrogen (secondary N) is 1. The number of hydrogen-bond acceptors (Lipinski definition) is 5. The number of amides is 1. The molecule has 9 heteroatoms. The van der Waals surface area contributed by atoms with Crippen LogP contribution >= 0.6 is 0 Å². The number of para-hydroxylation sites is 1. The van der Waals surface area contributed by atoms with Crippen LogP contribution < -0.4 is 10.2 Å². The number of sulfonamides is 1. The predicted molar refractivity (Wildman–Crippen MR) is 116 cm³/mol. The summed E-state index contributed by atoms with van der Waals surface area (Å²) in [4.78, 5) is 16.6. The van der Waals surface area contributed by atoms with E-state index in [-0.39, 0.29) is 23.2 Å². The molecule has 0 aromatic heterocycles. The van der Waals surface area contributed by atoms with Crippen LogP contribution in [-0.4, -0.2) is 70.3 Å². The Morgan fingerprint density at radius 2 is 1.77 bits per heavy atom. The summed E-state index contributed by atoms with van der Waals surface area (Å²) in [7, 11) is -0.647. The molecule has 30 heavy (non-hydrogen) atoms. The lowest BCUT2D eigenvalue weighted by molar-refractivity contribution is -0.117. The van der Waals surface area contributed by atoms with Gasteiger partial charge in [-0.05, 0) is 36.8 Å². The van der Waals surface area contributed by atoms with Gasteiger partial charge in [-0.3, -0.25) is 9.69 Å². The summed E-state index contributed by atoms with van der Waals surface area (Å²) >= 11 is 0. The average Bonchev–Trinajstić information content (AvgIpc) is 2.70. The van der Waals surface area contributed by atoms with Crippen molar-refractivity contribution in [3.8, 4) is 0 Å². The molecule has 0 spiro atoms. The zero-order valence-electron chi connectivity index (χ0n) is 17.4. The molecule has 162 valence electrons. The van der Waals surface area contributed by atoms with Gasteiger partial charge in [0, 0.05) is 46.0 Å². The minimum Gasteiger partial charge on any atom is -0.367 e. The van der Waals surface area contributed by atoms with E-state index in [1.165, 1.54) is 26.2 Å². The van der Waals surface area contributed by atoms with Crippen molar-refractivity contribution in [1.82, 2.24) is 9.21 Å². The molecular formula is C21H27FN4O3S. The zero-order chi connectivity index (χ0) is 21.9. The highest BCUT2D eigenvalue weighted by Crippen LogP contribution is 2.23. The number of benzene rings is 2. The van der Waals surface area contributed by atoms with E-state index in [4.69, 9.17) is 0 Å². The Labute approximate surface area is 177 Å². The fraction of sp³-hybridized carbons (Fsp3) is 0.381. The van der Waals surface area contributed by atoms with Gasteiger partial charge in [-0.25, -0.2) is 17.1 Å². The van der Waals surface area contributed by atoms with E-state index in [2.05, 4.69) is 5.32 Å². The number of carbonyl (C=O) groups excluding carboxylic acids is 1. The lowest BCUT2D eigenvalue weighted by Gasteiger charge is -2.35. The highest BCUT2D eigenvalue weighted by Gasteiger charge is 2.22. The molecule has 2 aromatic rings. The Morgan fingerprint density at radius 3 is 2.40 bits per heavy atom. The minimum atomic E-state index is -3.59. The molecule has 0 saturated carbocycles. The number of nitrogens with zero attached hydrogens (tertiary/aromatic N) is 3. The van der Waals surface area contributed by atoms with E-state index >= 15 is 0 Å². The summed E-state index contributed by atoms with van der Waals surface area (Å²) in [5.74, 6) is -0.460. The van der Waals surface area contributed by atoms with Crippen molar-refractivity contribution in [2.45, 2.75) is 11.8 Å². The summed E-state index contributed by atoms with van der Waals surface area (Å²) in [5, 5.41) is 2.78. The standard InChI is InChI=1S/C21H27FN4O3S/c1-16-8-9-17(14-20(16)30(28,29)24(2)3)23-21(27)15-25-10-12-26(13-11-25)19-7-5-4-6-18(19)22/h4-9,14H,10-13,15H2,1-3H3,(H,23,27). The lowest BCUT2D eigenvalue weighted by atomic mass is 10.2. The van der Waals surface area contributed by atoms with Crippen LogP contribution in [0, 0.1) is 12.7 Å². The van der Waals surface area contributed by atoms with Crippen molar-refractivity contribution in [2.24, 2.45) is 0 Å². The quantitative estimate of drug-likeness (QED) is 0.754. The third-order valence-electron chi connectivity index (χ3n) is 5.16. The van der Waals surface area contributed by atoms with Crippen LogP contribution in [0.3, 0.4) is 0 Å². The Hall–Kier alpha value is -2.49. The van der Waals surface area contributed by atoms with Crippen molar-refractivity contribution in [2.75, 3.05) is 57.0 Å². The minimum absolute atomic E-state index is 0.170. The van der Waals surface area contributed by atoms with Gasteiger partial charge in [0.05, 0.1) is 17.1 Å². The number of rotatable bonds is 6. The zero-order valence-corrected chi connectivity index (χ0v) is 18.2. The number of aryl methyl sites for hydroxylation is 1. The molecule has 1 saturated heterocycles. The molecule has 1 amide bonds. The Morgan fingerprint density at radius 1 is 1.10 bits per heavy atom. The maximum absolute atomic E-state index is 14.0. The first-order valence-electron chi connectivity index (χ1n) is 9.73. The van der Waals surface area contributed by atoms with Crippen LogP contribution in [0.25, 0.3) is 0 Å². The summed E-state index contributed by atoms with van der Waals surface area (Å²) < 4.78 is 40.0. The van der Waals surface area contributed by atoms with Crippen molar-refractivity contribution < 1.29 is 17.6 Å². The van der Waals surface area contributed by atoms with Crippen LogP contribution in [-0.2, 0) is 14.8 Å². The molecule has 7 nitrogen and oxygen atoms in total. The number of halogens is 1. The normalized spacial score (nSPS) is 15.4. The van der Waals surface area contributed by atoms with Gasteiger partial charge in [-0.1, -0.05) is 18.2 Å². The van der Waals surface area contributed by atoms with Gasteiger partial charge >= 0.3 is 0 Å². The van der Waals surface area contributed by atoms with E-state index in [1.807, 2.05) is 15.9 Å². The van der Waals surface area contributed by atoms with Crippen LogP contribution in [0.5, 0.6) is 0 Å². The monoisotopic (exact) mass is 434 g/mol. The van der Waals surface area contributed by atoms with E-state index in [9.17, 15) is 17.6 Å². The second-order valence-corrected chi connectivity index (χ2v) is 9.65. The van der Waals surface area contributed by atoms with Gasteiger partial charge in [-0.15, -0.1) is 0 Å². The lowest BCUT2D eigenvalue weighted by Crippen LogP contribution is -2.48. The van der Waals surface area contributed by atoms with Gasteiger partial charge in [-0.2, -0.15) is 0 Å². The molecule has 1 heterocycles. The summed E-state index contributed by atoms with van der Waals surface area (Å²) in [6, 6.07) is 11.5. The summed E-state index contributed by atoms with van der Waals surface area (Å²) in [6.07, 6.45) is 0. The van der Waals surface area contributed by atoms with Crippen molar-refractivity contribution in [3.63, 3.8) is 0 Å². The van der Waals surface area contributed by atoms with E-state index in [0.717, 1.165) is 4.31 Å². The summed E-state index contributed by atoms with van der Waals surface area (Å²) in [6.45, 7) is 4.44. The highest BCUT2D eigenvalue weighted by atomic mass is 32.2. The molecule has 0 unspecified atom stereocenters. The van der Waals surface area contributed by atoms with Gasteiger partial charge in [0.25, 0.3) is 0 Å². The molecule has 1 aliphatic heterocycles. The number of anilines is 2. The fourth-order valence-electron chi connectivity index (χ4n) is 3.41. The van der Waals surface area contributed by atoms with Crippen molar-refractivity contribution in [1.29, 1.82) is 0 Å². The molecule has 3 rings (SSSR count). The predicted octanol–water partition coefficient (Wildman–Crippen LogP) is 2.15. The fourth-order valence-corrected chi connectivity index (χ4v) is 4.56.